The van der Waals surface area contributed by atoms with Gasteiger partial charge in [0.25, 0.3) is 0 Å². The average molecular weight is 246 g/mol. The fraction of sp³-hybridized carbons (Fsp3) is 0.286. The SMILES string of the molecule is CCc1nc(-c2cc(C)cc(F)c2)ncc1CO. The van der Waals surface area contributed by atoms with Gasteiger partial charge >= 0.3 is 0 Å². The van der Waals surface area contributed by atoms with Gasteiger partial charge in [-0.2, -0.15) is 0 Å². The molecule has 1 N–H and O–H groups in total. The molecule has 0 spiro atoms. The monoisotopic (exact) mass is 246 g/mol. The van der Waals surface area contributed by atoms with Crippen LogP contribution in [0.1, 0.15) is 23.7 Å². The summed E-state index contributed by atoms with van der Waals surface area (Å²) >= 11 is 0. The normalized spacial score (nSPS) is 10.7. The third-order valence-corrected chi connectivity index (χ3v) is 2.76. The van der Waals surface area contributed by atoms with Gasteiger partial charge < -0.3 is 5.11 Å². The number of nitrogens with zero attached hydrogens (tertiary/aromatic N) is 2. The molecule has 0 atom stereocenters. The van der Waals surface area contributed by atoms with E-state index in [2.05, 4.69) is 9.97 Å². The van der Waals surface area contributed by atoms with Crippen LogP contribution >= 0.6 is 0 Å². The zero-order valence-corrected chi connectivity index (χ0v) is 10.4. The highest BCUT2D eigenvalue weighted by molar-refractivity contribution is 5.56. The van der Waals surface area contributed by atoms with Gasteiger partial charge in [-0.15, -0.1) is 0 Å². The molecule has 0 unspecified atom stereocenters. The summed E-state index contributed by atoms with van der Waals surface area (Å²) in [4.78, 5) is 8.55. The second-order valence-corrected chi connectivity index (χ2v) is 4.19. The first-order valence-corrected chi connectivity index (χ1v) is 5.87. The summed E-state index contributed by atoms with van der Waals surface area (Å²) in [5.41, 5.74) is 3.00. The van der Waals surface area contributed by atoms with Crippen molar-refractivity contribution in [1.82, 2.24) is 9.97 Å². The summed E-state index contributed by atoms with van der Waals surface area (Å²) in [5.74, 6) is 0.199. The maximum Gasteiger partial charge on any atom is 0.159 e. The molecule has 0 aliphatic carbocycles. The van der Waals surface area contributed by atoms with Crippen LogP contribution in [0.2, 0.25) is 0 Å². The molecule has 0 aliphatic rings. The largest absolute Gasteiger partial charge is 0.392 e. The smallest absolute Gasteiger partial charge is 0.159 e. The molecule has 0 radical (unpaired) electrons. The van der Waals surface area contributed by atoms with Gasteiger partial charge in [-0.3, -0.25) is 0 Å². The van der Waals surface area contributed by atoms with Crippen LogP contribution < -0.4 is 0 Å². The number of halogens is 1. The van der Waals surface area contributed by atoms with Crippen molar-refractivity contribution >= 4 is 0 Å². The van der Waals surface area contributed by atoms with E-state index in [4.69, 9.17) is 5.11 Å². The third-order valence-electron chi connectivity index (χ3n) is 2.76. The number of hydrogen-bond acceptors (Lipinski definition) is 3. The topological polar surface area (TPSA) is 46.0 Å². The Labute approximate surface area is 105 Å². The fourth-order valence-electron chi connectivity index (χ4n) is 1.88. The minimum Gasteiger partial charge on any atom is -0.392 e. The molecular weight excluding hydrogens is 231 g/mol. The summed E-state index contributed by atoms with van der Waals surface area (Å²) in [6.07, 6.45) is 2.31. The summed E-state index contributed by atoms with van der Waals surface area (Å²) in [6.45, 7) is 3.71. The van der Waals surface area contributed by atoms with E-state index in [-0.39, 0.29) is 12.4 Å². The minimum atomic E-state index is -0.294. The van der Waals surface area contributed by atoms with Gasteiger partial charge in [0.05, 0.1) is 6.61 Å². The van der Waals surface area contributed by atoms with Crippen molar-refractivity contribution in [1.29, 1.82) is 0 Å². The molecule has 0 amide bonds. The lowest BCUT2D eigenvalue weighted by molar-refractivity contribution is 0.279. The lowest BCUT2D eigenvalue weighted by Gasteiger charge is -2.07. The molecular formula is C14H15FN2O. The second kappa shape index (κ2) is 5.23. The van der Waals surface area contributed by atoms with Crippen molar-refractivity contribution in [3.63, 3.8) is 0 Å². The van der Waals surface area contributed by atoms with Crippen molar-refractivity contribution in [2.75, 3.05) is 0 Å². The highest BCUT2D eigenvalue weighted by Gasteiger charge is 2.08. The van der Waals surface area contributed by atoms with Gasteiger partial charge in [0, 0.05) is 23.0 Å². The number of benzene rings is 1. The van der Waals surface area contributed by atoms with Gasteiger partial charge in [0.1, 0.15) is 5.82 Å². The molecule has 3 nitrogen and oxygen atoms in total. The predicted molar refractivity (Wildman–Crippen MR) is 67.5 cm³/mol. The van der Waals surface area contributed by atoms with Crippen LogP contribution in [0, 0.1) is 12.7 Å². The Hall–Kier alpha value is -1.81. The zero-order chi connectivity index (χ0) is 13.1. The van der Waals surface area contributed by atoms with E-state index >= 15 is 0 Å². The first kappa shape index (κ1) is 12.6. The van der Waals surface area contributed by atoms with E-state index in [1.54, 1.807) is 6.20 Å². The van der Waals surface area contributed by atoms with Crippen LogP contribution in [0.5, 0.6) is 0 Å². The van der Waals surface area contributed by atoms with E-state index in [0.29, 0.717) is 17.8 Å². The van der Waals surface area contributed by atoms with Gasteiger partial charge in [-0.25, -0.2) is 14.4 Å². The molecule has 94 valence electrons. The molecule has 0 saturated heterocycles. The Bertz CT molecular complexity index is 549. The molecule has 0 aliphatic heterocycles. The average Bonchev–Trinajstić information content (AvgIpc) is 2.36. The molecule has 2 rings (SSSR count). The summed E-state index contributed by atoms with van der Waals surface area (Å²) in [5, 5.41) is 9.16. The highest BCUT2D eigenvalue weighted by atomic mass is 19.1. The quantitative estimate of drug-likeness (QED) is 0.905. The highest BCUT2D eigenvalue weighted by Crippen LogP contribution is 2.19. The van der Waals surface area contributed by atoms with Gasteiger partial charge in [0.15, 0.2) is 5.82 Å². The van der Waals surface area contributed by atoms with Gasteiger partial charge in [0.2, 0.25) is 0 Å². The Morgan fingerprint density at radius 1 is 1.28 bits per heavy atom. The number of aliphatic hydroxyl groups excluding tert-OH is 1. The molecule has 4 heteroatoms. The van der Waals surface area contributed by atoms with Crippen molar-refractivity contribution in [3.05, 3.63) is 47.0 Å². The Kier molecular flexibility index (Phi) is 3.67. The van der Waals surface area contributed by atoms with Crippen LogP contribution in [0.25, 0.3) is 11.4 Å². The van der Waals surface area contributed by atoms with Gasteiger partial charge in [-0.05, 0) is 37.1 Å². The second-order valence-electron chi connectivity index (χ2n) is 4.19. The lowest BCUT2D eigenvalue weighted by atomic mass is 10.1. The Morgan fingerprint density at radius 2 is 2.06 bits per heavy atom. The fourth-order valence-corrected chi connectivity index (χ4v) is 1.88. The summed E-state index contributed by atoms with van der Waals surface area (Å²) in [6, 6.07) is 4.73. The number of rotatable bonds is 3. The maximum atomic E-state index is 13.3. The molecule has 0 saturated carbocycles. The summed E-state index contributed by atoms with van der Waals surface area (Å²) in [7, 11) is 0. The lowest BCUT2D eigenvalue weighted by Crippen LogP contribution is -2.01. The van der Waals surface area contributed by atoms with Crippen LogP contribution in [0.4, 0.5) is 4.39 Å². The molecule has 1 heterocycles. The molecule has 0 bridgehead atoms. The van der Waals surface area contributed by atoms with E-state index in [1.165, 1.54) is 12.1 Å². The number of hydrogen-bond donors (Lipinski definition) is 1. The van der Waals surface area contributed by atoms with E-state index in [9.17, 15) is 4.39 Å². The standard InChI is InChI=1S/C14H15FN2O/c1-3-13-11(8-18)7-16-14(17-13)10-4-9(2)5-12(15)6-10/h4-7,18H,3,8H2,1-2H3. The predicted octanol–water partition coefficient (Wildman–Crippen LogP) is 2.65. The Balaban J connectivity index is 2.50. The van der Waals surface area contributed by atoms with E-state index in [1.807, 2.05) is 19.9 Å². The van der Waals surface area contributed by atoms with Crippen LogP contribution in [0.3, 0.4) is 0 Å². The van der Waals surface area contributed by atoms with Crippen molar-refractivity contribution < 1.29 is 9.50 Å². The van der Waals surface area contributed by atoms with Crippen LogP contribution in [0.15, 0.2) is 24.4 Å². The van der Waals surface area contributed by atoms with Crippen molar-refractivity contribution in [2.45, 2.75) is 26.9 Å². The third kappa shape index (κ3) is 2.54. The zero-order valence-electron chi connectivity index (χ0n) is 10.4. The minimum absolute atomic E-state index is 0.0777. The van der Waals surface area contributed by atoms with Crippen LogP contribution in [-0.4, -0.2) is 15.1 Å². The molecule has 1 aromatic heterocycles. The number of aliphatic hydroxyl groups is 1. The Morgan fingerprint density at radius 3 is 2.67 bits per heavy atom. The van der Waals surface area contributed by atoms with E-state index in [0.717, 1.165) is 16.8 Å². The molecule has 18 heavy (non-hydrogen) atoms. The molecule has 1 aromatic carbocycles. The number of aromatic nitrogens is 2. The van der Waals surface area contributed by atoms with E-state index < -0.39 is 0 Å². The van der Waals surface area contributed by atoms with Crippen molar-refractivity contribution in [3.8, 4) is 11.4 Å². The first-order valence-electron chi connectivity index (χ1n) is 5.87. The first-order chi connectivity index (χ1) is 8.63. The molecule has 2 aromatic rings. The van der Waals surface area contributed by atoms with Crippen LogP contribution in [-0.2, 0) is 13.0 Å². The molecule has 0 fully saturated rings. The van der Waals surface area contributed by atoms with Crippen molar-refractivity contribution in [2.24, 2.45) is 0 Å². The number of aryl methyl sites for hydroxylation is 2. The summed E-state index contributed by atoms with van der Waals surface area (Å²) < 4.78 is 13.3. The van der Waals surface area contributed by atoms with Gasteiger partial charge in [-0.1, -0.05) is 6.92 Å². The maximum absolute atomic E-state index is 13.3.